The first-order valence-corrected chi connectivity index (χ1v) is 6.20. The summed E-state index contributed by atoms with van der Waals surface area (Å²) in [6.45, 7) is 3.30. The molecule has 0 N–H and O–H groups in total. The molecule has 0 spiro atoms. The molecular formula is C16H15N. The molecule has 0 saturated carbocycles. The smallest absolute Gasteiger partial charge is 0.0497 e. The SMILES string of the molecule is CCCCn1c2c[c]ccc2c2cc[c]cc21. The zero-order valence-corrected chi connectivity index (χ0v) is 10.0. The maximum atomic E-state index is 3.18. The highest BCUT2D eigenvalue weighted by molar-refractivity contribution is 6.07. The third kappa shape index (κ3) is 1.62. The number of unbranched alkanes of at least 4 members (excludes halogenated alkanes) is 1. The van der Waals surface area contributed by atoms with Gasteiger partial charge < -0.3 is 4.57 Å². The number of aromatic nitrogens is 1. The van der Waals surface area contributed by atoms with Crippen LogP contribution in [0.5, 0.6) is 0 Å². The summed E-state index contributed by atoms with van der Waals surface area (Å²) in [5.74, 6) is 0. The number of hydrogen-bond donors (Lipinski definition) is 0. The van der Waals surface area contributed by atoms with Gasteiger partial charge in [0.25, 0.3) is 0 Å². The number of hydrogen-bond acceptors (Lipinski definition) is 0. The molecule has 0 aliphatic carbocycles. The number of rotatable bonds is 3. The lowest BCUT2D eigenvalue weighted by Gasteiger charge is -2.05. The molecule has 0 saturated heterocycles. The van der Waals surface area contributed by atoms with E-state index in [1.54, 1.807) is 0 Å². The first-order valence-electron chi connectivity index (χ1n) is 6.20. The fourth-order valence-electron chi connectivity index (χ4n) is 2.43. The van der Waals surface area contributed by atoms with Gasteiger partial charge in [0.1, 0.15) is 0 Å². The topological polar surface area (TPSA) is 4.93 Å². The minimum Gasteiger partial charge on any atom is -0.340 e. The third-order valence-corrected chi connectivity index (χ3v) is 3.29. The zero-order chi connectivity index (χ0) is 11.7. The van der Waals surface area contributed by atoms with Crippen LogP contribution in [0.15, 0.2) is 36.4 Å². The average molecular weight is 221 g/mol. The minimum atomic E-state index is 1.08. The summed E-state index contributed by atoms with van der Waals surface area (Å²) in [5, 5.41) is 2.65. The molecule has 0 fully saturated rings. The Labute approximate surface area is 102 Å². The van der Waals surface area contributed by atoms with Crippen LogP contribution in [-0.4, -0.2) is 4.57 Å². The van der Waals surface area contributed by atoms with E-state index in [2.05, 4.69) is 47.9 Å². The molecule has 3 rings (SSSR count). The van der Waals surface area contributed by atoms with E-state index in [-0.39, 0.29) is 0 Å². The summed E-state index contributed by atoms with van der Waals surface area (Å²) in [6, 6.07) is 18.8. The molecule has 17 heavy (non-hydrogen) atoms. The Morgan fingerprint density at radius 1 is 1.00 bits per heavy atom. The van der Waals surface area contributed by atoms with Gasteiger partial charge in [-0.2, -0.15) is 0 Å². The second-order valence-corrected chi connectivity index (χ2v) is 4.39. The van der Waals surface area contributed by atoms with Gasteiger partial charge in [-0.05, 0) is 30.7 Å². The minimum absolute atomic E-state index is 1.08. The van der Waals surface area contributed by atoms with E-state index in [0.29, 0.717) is 0 Å². The molecule has 1 heteroatoms. The fourth-order valence-corrected chi connectivity index (χ4v) is 2.43. The highest BCUT2D eigenvalue weighted by atomic mass is 15.0. The van der Waals surface area contributed by atoms with E-state index in [4.69, 9.17) is 0 Å². The Hall–Kier alpha value is -1.76. The fraction of sp³-hybridized carbons (Fsp3) is 0.250. The number of benzene rings is 2. The van der Waals surface area contributed by atoms with Gasteiger partial charge in [0.15, 0.2) is 0 Å². The lowest BCUT2D eigenvalue weighted by Crippen LogP contribution is -1.96. The average Bonchev–Trinajstić information content (AvgIpc) is 2.71. The molecule has 0 aliphatic rings. The molecule has 2 aromatic carbocycles. The number of aryl methyl sites for hydroxylation is 1. The summed E-state index contributed by atoms with van der Waals surface area (Å²) >= 11 is 0. The molecule has 1 heterocycles. The van der Waals surface area contributed by atoms with Gasteiger partial charge in [-0.1, -0.05) is 37.6 Å². The molecule has 1 aromatic heterocycles. The van der Waals surface area contributed by atoms with Crippen molar-refractivity contribution in [2.75, 3.05) is 0 Å². The number of fused-ring (bicyclic) bond motifs is 3. The van der Waals surface area contributed by atoms with Crippen LogP contribution in [0.1, 0.15) is 19.8 Å². The highest BCUT2D eigenvalue weighted by Crippen LogP contribution is 2.28. The van der Waals surface area contributed by atoms with E-state index in [1.807, 2.05) is 12.1 Å². The molecule has 3 aromatic rings. The Bertz CT molecular complexity index is 595. The largest absolute Gasteiger partial charge is 0.340 e. The van der Waals surface area contributed by atoms with Crippen LogP contribution in [-0.2, 0) is 6.54 Å². The van der Waals surface area contributed by atoms with Crippen molar-refractivity contribution < 1.29 is 0 Å². The van der Waals surface area contributed by atoms with Crippen LogP contribution in [0.25, 0.3) is 21.8 Å². The van der Waals surface area contributed by atoms with Gasteiger partial charge in [0.05, 0.1) is 0 Å². The van der Waals surface area contributed by atoms with Crippen LogP contribution in [0.4, 0.5) is 0 Å². The van der Waals surface area contributed by atoms with E-state index >= 15 is 0 Å². The van der Waals surface area contributed by atoms with Crippen LogP contribution >= 0.6 is 0 Å². The lowest BCUT2D eigenvalue weighted by atomic mass is 10.2. The monoisotopic (exact) mass is 221 g/mol. The van der Waals surface area contributed by atoms with Crippen molar-refractivity contribution in [3.8, 4) is 0 Å². The van der Waals surface area contributed by atoms with Gasteiger partial charge in [-0.25, -0.2) is 0 Å². The second kappa shape index (κ2) is 4.25. The van der Waals surface area contributed by atoms with Crippen molar-refractivity contribution in [2.45, 2.75) is 26.3 Å². The Balaban J connectivity index is 2.33. The normalized spacial score (nSPS) is 11.4. The Morgan fingerprint density at radius 3 is 2.12 bits per heavy atom. The molecule has 1 nitrogen and oxygen atoms in total. The zero-order valence-electron chi connectivity index (χ0n) is 10.0. The summed E-state index contributed by atoms with van der Waals surface area (Å²) in [7, 11) is 0. The van der Waals surface area contributed by atoms with Gasteiger partial charge in [0, 0.05) is 28.4 Å². The Morgan fingerprint density at radius 2 is 1.59 bits per heavy atom. The van der Waals surface area contributed by atoms with Crippen LogP contribution in [0.3, 0.4) is 0 Å². The standard InChI is InChI=1S/C16H15N/c1-2-3-12-17-15-10-6-4-8-13(15)14-9-5-7-11-16(14)17/h4-5,8-11H,2-3,12H2,1H3. The summed E-state index contributed by atoms with van der Waals surface area (Å²) < 4.78 is 2.39. The lowest BCUT2D eigenvalue weighted by molar-refractivity contribution is 0.665. The van der Waals surface area contributed by atoms with Crippen molar-refractivity contribution in [3.05, 3.63) is 48.5 Å². The number of nitrogens with zero attached hydrogens (tertiary/aromatic N) is 1. The van der Waals surface area contributed by atoms with Gasteiger partial charge in [-0.3, -0.25) is 0 Å². The first kappa shape index (κ1) is 10.4. The predicted octanol–water partition coefficient (Wildman–Crippen LogP) is 4.19. The molecule has 0 atom stereocenters. The molecule has 0 aliphatic heterocycles. The second-order valence-electron chi connectivity index (χ2n) is 4.39. The molecule has 0 unspecified atom stereocenters. The molecule has 0 bridgehead atoms. The van der Waals surface area contributed by atoms with Crippen molar-refractivity contribution in [1.82, 2.24) is 4.57 Å². The Kier molecular flexibility index (Phi) is 2.60. The predicted molar refractivity (Wildman–Crippen MR) is 72.0 cm³/mol. The van der Waals surface area contributed by atoms with Crippen LogP contribution < -0.4 is 0 Å². The van der Waals surface area contributed by atoms with Gasteiger partial charge in [0.2, 0.25) is 0 Å². The maximum absolute atomic E-state index is 3.18. The first-order chi connectivity index (χ1) is 8.42. The summed E-state index contributed by atoms with van der Waals surface area (Å²) in [6.07, 6.45) is 2.43. The van der Waals surface area contributed by atoms with Crippen LogP contribution in [0.2, 0.25) is 0 Å². The van der Waals surface area contributed by atoms with Gasteiger partial charge >= 0.3 is 0 Å². The maximum Gasteiger partial charge on any atom is 0.0497 e. The third-order valence-electron chi connectivity index (χ3n) is 3.29. The molecular weight excluding hydrogens is 206 g/mol. The highest BCUT2D eigenvalue weighted by Gasteiger charge is 2.08. The van der Waals surface area contributed by atoms with Crippen LogP contribution in [0, 0.1) is 12.1 Å². The summed E-state index contributed by atoms with van der Waals surface area (Å²) in [4.78, 5) is 0. The van der Waals surface area contributed by atoms with Crippen molar-refractivity contribution in [3.63, 3.8) is 0 Å². The molecule has 84 valence electrons. The quantitative estimate of drug-likeness (QED) is 0.624. The van der Waals surface area contributed by atoms with Crippen molar-refractivity contribution in [2.24, 2.45) is 0 Å². The van der Waals surface area contributed by atoms with Gasteiger partial charge in [-0.15, -0.1) is 0 Å². The van der Waals surface area contributed by atoms with E-state index in [9.17, 15) is 0 Å². The van der Waals surface area contributed by atoms with E-state index in [0.717, 1.165) is 6.54 Å². The molecule has 2 radical (unpaired) electrons. The summed E-state index contributed by atoms with van der Waals surface area (Å²) in [5.41, 5.74) is 2.58. The van der Waals surface area contributed by atoms with Crippen molar-refractivity contribution >= 4 is 21.8 Å². The van der Waals surface area contributed by atoms with E-state index in [1.165, 1.54) is 34.6 Å². The van der Waals surface area contributed by atoms with Crippen molar-refractivity contribution in [1.29, 1.82) is 0 Å². The van der Waals surface area contributed by atoms with E-state index < -0.39 is 0 Å². The molecule has 0 amide bonds.